The maximum absolute atomic E-state index is 13.3. The van der Waals surface area contributed by atoms with Gasteiger partial charge in [0.2, 0.25) is 11.9 Å². The third kappa shape index (κ3) is 3.66. The van der Waals surface area contributed by atoms with Crippen LogP contribution in [0.1, 0.15) is 24.6 Å². The first-order valence-electron chi connectivity index (χ1n) is 9.86. The van der Waals surface area contributed by atoms with Crippen LogP contribution in [0.3, 0.4) is 0 Å². The van der Waals surface area contributed by atoms with Crippen LogP contribution in [-0.4, -0.2) is 45.2 Å². The summed E-state index contributed by atoms with van der Waals surface area (Å²) in [5.41, 5.74) is 2.67. The Hall–Kier alpha value is -2.90. The van der Waals surface area contributed by atoms with Gasteiger partial charge in [-0.15, -0.1) is 0 Å². The third-order valence-corrected chi connectivity index (χ3v) is 5.83. The Morgan fingerprint density at radius 3 is 2.70 bits per heavy atom. The SMILES string of the molecule is CCC1C(=O)N(c2cc(C)c(Cl)cc2OC)CN1Cc1cccn1-c1ncccn1. The summed E-state index contributed by atoms with van der Waals surface area (Å²) in [6.45, 7) is 5.02. The number of aromatic nitrogens is 3. The second-order valence-corrected chi connectivity index (χ2v) is 7.68. The molecule has 1 saturated heterocycles. The van der Waals surface area contributed by atoms with E-state index in [0.29, 0.717) is 36.4 Å². The van der Waals surface area contributed by atoms with Gasteiger partial charge in [-0.05, 0) is 43.2 Å². The van der Waals surface area contributed by atoms with Crippen LogP contribution in [-0.2, 0) is 11.3 Å². The zero-order valence-corrected chi connectivity index (χ0v) is 18.0. The predicted molar refractivity (Wildman–Crippen MR) is 116 cm³/mol. The van der Waals surface area contributed by atoms with Gasteiger partial charge in [-0.2, -0.15) is 0 Å². The molecule has 0 radical (unpaired) electrons. The summed E-state index contributed by atoms with van der Waals surface area (Å²) < 4.78 is 7.46. The number of rotatable bonds is 6. The van der Waals surface area contributed by atoms with Crippen molar-refractivity contribution >= 4 is 23.2 Å². The molecule has 0 N–H and O–H groups in total. The molecule has 0 spiro atoms. The zero-order valence-electron chi connectivity index (χ0n) is 17.2. The molecule has 4 rings (SSSR count). The Morgan fingerprint density at radius 2 is 2.00 bits per heavy atom. The number of nitrogens with zero attached hydrogens (tertiary/aromatic N) is 5. The van der Waals surface area contributed by atoms with E-state index < -0.39 is 0 Å². The molecule has 0 saturated carbocycles. The molecule has 156 valence electrons. The Balaban J connectivity index is 1.64. The largest absolute Gasteiger partial charge is 0.495 e. The summed E-state index contributed by atoms with van der Waals surface area (Å²) in [7, 11) is 1.59. The van der Waals surface area contributed by atoms with Crippen molar-refractivity contribution in [3.8, 4) is 11.7 Å². The molecule has 1 fully saturated rings. The van der Waals surface area contributed by atoms with E-state index in [2.05, 4.69) is 14.9 Å². The van der Waals surface area contributed by atoms with E-state index in [0.717, 1.165) is 16.9 Å². The number of hydrogen-bond donors (Lipinski definition) is 0. The first-order valence-corrected chi connectivity index (χ1v) is 10.2. The van der Waals surface area contributed by atoms with Crippen molar-refractivity contribution < 1.29 is 9.53 Å². The first kappa shape index (κ1) is 20.4. The van der Waals surface area contributed by atoms with Gasteiger partial charge in [0.05, 0.1) is 25.5 Å². The first-order chi connectivity index (χ1) is 14.5. The van der Waals surface area contributed by atoms with Crippen molar-refractivity contribution in [3.05, 3.63) is 65.2 Å². The van der Waals surface area contributed by atoms with Crippen LogP contribution in [0.2, 0.25) is 5.02 Å². The summed E-state index contributed by atoms with van der Waals surface area (Å²) in [6.07, 6.45) is 6.09. The van der Waals surface area contributed by atoms with Crippen LogP contribution in [0.15, 0.2) is 48.9 Å². The number of ether oxygens (including phenoxy) is 1. The van der Waals surface area contributed by atoms with E-state index in [1.807, 2.05) is 42.8 Å². The summed E-state index contributed by atoms with van der Waals surface area (Å²) in [6, 6.07) is 9.25. The van der Waals surface area contributed by atoms with Gasteiger partial charge in [-0.3, -0.25) is 19.2 Å². The van der Waals surface area contributed by atoms with Crippen molar-refractivity contribution in [1.29, 1.82) is 0 Å². The average molecular weight is 426 g/mol. The van der Waals surface area contributed by atoms with E-state index >= 15 is 0 Å². The Bertz CT molecular complexity index is 1050. The van der Waals surface area contributed by atoms with Crippen molar-refractivity contribution in [2.75, 3.05) is 18.7 Å². The number of carbonyl (C=O) groups is 1. The van der Waals surface area contributed by atoms with Gasteiger partial charge in [-0.25, -0.2) is 9.97 Å². The second kappa shape index (κ2) is 8.45. The molecule has 7 nitrogen and oxygen atoms in total. The molecule has 0 aliphatic carbocycles. The topological polar surface area (TPSA) is 63.5 Å². The van der Waals surface area contributed by atoms with Crippen molar-refractivity contribution in [2.24, 2.45) is 0 Å². The average Bonchev–Trinajstić information content (AvgIpc) is 3.34. The fourth-order valence-corrected chi connectivity index (χ4v) is 4.01. The number of anilines is 1. The molecule has 1 unspecified atom stereocenters. The van der Waals surface area contributed by atoms with Crippen LogP contribution < -0.4 is 9.64 Å². The molecule has 1 amide bonds. The highest BCUT2D eigenvalue weighted by Crippen LogP contribution is 2.37. The van der Waals surface area contributed by atoms with Crippen LogP contribution in [0.25, 0.3) is 5.95 Å². The van der Waals surface area contributed by atoms with Gasteiger partial charge in [0.15, 0.2) is 0 Å². The highest BCUT2D eigenvalue weighted by molar-refractivity contribution is 6.31. The molecule has 3 aromatic rings. The Labute approximate surface area is 180 Å². The van der Waals surface area contributed by atoms with Gasteiger partial charge >= 0.3 is 0 Å². The minimum absolute atomic E-state index is 0.0617. The number of carbonyl (C=O) groups excluding carboxylic acids is 1. The lowest BCUT2D eigenvalue weighted by Gasteiger charge is -2.22. The second-order valence-electron chi connectivity index (χ2n) is 7.27. The lowest BCUT2D eigenvalue weighted by Crippen LogP contribution is -2.32. The van der Waals surface area contributed by atoms with Crippen LogP contribution in [0.5, 0.6) is 5.75 Å². The molecule has 3 heterocycles. The van der Waals surface area contributed by atoms with E-state index in [4.69, 9.17) is 16.3 Å². The van der Waals surface area contributed by atoms with E-state index in [9.17, 15) is 4.79 Å². The molecule has 8 heteroatoms. The quantitative estimate of drug-likeness (QED) is 0.600. The highest BCUT2D eigenvalue weighted by atomic mass is 35.5. The Kier molecular flexibility index (Phi) is 5.74. The normalized spacial score (nSPS) is 17.0. The van der Waals surface area contributed by atoms with Crippen molar-refractivity contribution in [2.45, 2.75) is 32.9 Å². The summed E-state index contributed by atoms with van der Waals surface area (Å²) >= 11 is 6.25. The van der Waals surface area contributed by atoms with E-state index in [1.165, 1.54) is 0 Å². The third-order valence-electron chi connectivity index (χ3n) is 5.42. The lowest BCUT2D eigenvalue weighted by atomic mass is 10.1. The van der Waals surface area contributed by atoms with Gasteiger partial charge in [0, 0.05) is 41.9 Å². The number of halogens is 1. The van der Waals surface area contributed by atoms with Crippen molar-refractivity contribution in [1.82, 2.24) is 19.4 Å². The fourth-order valence-electron chi connectivity index (χ4n) is 3.86. The maximum atomic E-state index is 13.3. The molecule has 1 atom stereocenters. The van der Waals surface area contributed by atoms with Gasteiger partial charge < -0.3 is 4.74 Å². The molecule has 1 aliphatic rings. The maximum Gasteiger partial charge on any atom is 0.245 e. The summed E-state index contributed by atoms with van der Waals surface area (Å²) in [5, 5.41) is 0.617. The molecular formula is C22H24ClN5O2. The highest BCUT2D eigenvalue weighted by Gasteiger charge is 2.39. The molecule has 0 bridgehead atoms. The molecule has 2 aromatic heterocycles. The van der Waals surface area contributed by atoms with Gasteiger partial charge in [0.1, 0.15) is 5.75 Å². The van der Waals surface area contributed by atoms with Crippen molar-refractivity contribution in [3.63, 3.8) is 0 Å². The molecule has 1 aromatic carbocycles. The Morgan fingerprint density at radius 1 is 1.23 bits per heavy atom. The van der Waals surface area contributed by atoms with E-state index in [1.54, 1.807) is 36.5 Å². The summed E-state index contributed by atoms with van der Waals surface area (Å²) in [4.78, 5) is 25.9. The predicted octanol–water partition coefficient (Wildman–Crippen LogP) is 3.82. The number of aryl methyl sites for hydroxylation is 1. The fraction of sp³-hybridized carbons (Fsp3) is 0.318. The number of hydrogen-bond acceptors (Lipinski definition) is 5. The minimum Gasteiger partial charge on any atom is -0.495 e. The zero-order chi connectivity index (χ0) is 21.3. The minimum atomic E-state index is -0.217. The van der Waals surface area contributed by atoms with Gasteiger partial charge in [-0.1, -0.05) is 18.5 Å². The summed E-state index contributed by atoms with van der Waals surface area (Å²) in [5.74, 6) is 1.27. The monoisotopic (exact) mass is 425 g/mol. The molecule has 1 aliphatic heterocycles. The van der Waals surface area contributed by atoms with Crippen LogP contribution in [0, 0.1) is 6.92 Å². The number of methoxy groups -OCH3 is 1. The van der Waals surface area contributed by atoms with Crippen LogP contribution in [0.4, 0.5) is 5.69 Å². The molecule has 30 heavy (non-hydrogen) atoms. The lowest BCUT2D eigenvalue weighted by molar-refractivity contribution is -0.119. The van der Waals surface area contributed by atoms with E-state index in [-0.39, 0.29) is 11.9 Å². The van der Waals surface area contributed by atoms with Crippen LogP contribution >= 0.6 is 11.6 Å². The number of amides is 1. The van der Waals surface area contributed by atoms with Gasteiger partial charge in [0.25, 0.3) is 0 Å². The molecular weight excluding hydrogens is 402 g/mol. The smallest absolute Gasteiger partial charge is 0.245 e. The standard InChI is InChI=1S/C22H24ClN5O2/c1-4-18-21(29)28(19-11-15(2)17(23)12-20(19)30-3)14-26(18)13-16-7-5-10-27(16)22-24-8-6-9-25-22/h5-12,18H,4,13-14H2,1-3H3. The number of benzene rings is 1.